The average molecular weight is 184 g/mol. The molecule has 1 atom stereocenters. The van der Waals surface area contributed by atoms with E-state index in [4.69, 9.17) is 5.11 Å². The molecule has 1 aromatic rings. The van der Waals surface area contributed by atoms with Crippen molar-refractivity contribution in [2.75, 3.05) is 0 Å². The Bertz CT molecular complexity index is 270. The van der Waals surface area contributed by atoms with E-state index in [0.29, 0.717) is 12.2 Å². The Morgan fingerprint density at radius 2 is 2.31 bits per heavy atom. The first-order valence-corrected chi connectivity index (χ1v) is 4.06. The van der Waals surface area contributed by atoms with Crippen LogP contribution < -0.4 is 0 Å². The molecule has 0 fully saturated rings. The lowest BCUT2D eigenvalue weighted by atomic mass is 9.92. The van der Waals surface area contributed by atoms with Gasteiger partial charge in [-0.1, -0.05) is 19.1 Å². The number of tetrazole rings is 1. The summed E-state index contributed by atoms with van der Waals surface area (Å²) >= 11 is 0. The Balaban J connectivity index is 2.63. The second-order valence-electron chi connectivity index (χ2n) is 3.22. The third kappa shape index (κ3) is 2.50. The highest BCUT2D eigenvalue weighted by Gasteiger charge is 2.23. The molecule has 1 unspecified atom stereocenters. The predicted octanol–water partition coefficient (Wildman–Crippen LogP) is 0.0990. The van der Waals surface area contributed by atoms with Crippen molar-refractivity contribution in [1.29, 1.82) is 0 Å². The molecule has 13 heavy (non-hydrogen) atoms. The van der Waals surface area contributed by atoms with Gasteiger partial charge >= 0.3 is 5.97 Å². The summed E-state index contributed by atoms with van der Waals surface area (Å²) in [6.07, 6.45) is 0.323. The summed E-state index contributed by atoms with van der Waals surface area (Å²) in [6, 6.07) is 0. The molecule has 0 amide bonds. The summed E-state index contributed by atoms with van der Waals surface area (Å²) in [5.41, 5.74) is 0. The van der Waals surface area contributed by atoms with Gasteiger partial charge in [0.2, 0.25) is 0 Å². The molecule has 0 aliphatic heterocycles. The molecule has 0 saturated carbocycles. The average Bonchev–Trinajstić information content (AvgIpc) is 2.50. The molecule has 1 heterocycles. The van der Waals surface area contributed by atoms with Crippen LogP contribution in [0, 0.1) is 11.8 Å². The Kier molecular flexibility index (Phi) is 2.94. The molecule has 1 rings (SSSR count). The summed E-state index contributed by atoms with van der Waals surface area (Å²) in [5, 5.41) is 21.9. The number of aliphatic carboxylic acids is 1. The highest BCUT2D eigenvalue weighted by Crippen LogP contribution is 2.14. The first-order valence-electron chi connectivity index (χ1n) is 4.06. The van der Waals surface area contributed by atoms with Crippen molar-refractivity contribution >= 4 is 5.97 Å². The number of carboxylic acids is 1. The van der Waals surface area contributed by atoms with Crippen LogP contribution in [0.2, 0.25) is 0 Å². The highest BCUT2D eigenvalue weighted by atomic mass is 16.4. The Hall–Kier alpha value is -1.46. The minimum absolute atomic E-state index is 0.0657. The molecule has 0 saturated heterocycles. The van der Waals surface area contributed by atoms with Crippen LogP contribution in [0.25, 0.3) is 0 Å². The van der Waals surface area contributed by atoms with E-state index in [1.54, 1.807) is 0 Å². The Morgan fingerprint density at radius 1 is 1.62 bits per heavy atom. The number of rotatable bonds is 4. The van der Waals surface area contributed by atoms with E-state index in [2.05, 4.69) is 20.6 Å². The molecule has 0 spiro atoms. The second-order valence-corrected chi connectivity index (χ2v) is 3.22. The predicted molar refractivity (Wildman–Crippen MR) is 43.8 cm³/mol. The lowest BCUT2D eigenvalue weighted by molar-refractivity contribution is -0.143. The molecular formula is C7H12N4O2. The molecule has 1 aromatic heterocycles. The third-order valence-electron chi connectivity index (χ3n) is 1.91. The molecule has 6 heteroatoms. The van der Waals surface area contributed by atoms with E-state index in [9.17, 15) is 4.79 Å². The summed E-state index contributed by atoms with van der Waals surface area (Å²) < 4.78 is 0. The van der Waals surface area contributed by atoms with E-state index in [1.165, 1.54) is 0 Å². The minimum atomic E-state index is -0.820. The van der Waals surface area contributed by atoms with Gasteiger partial charge in [-0.15, -0.1) is 10.2 Å². The van der Waals surface area contributed by atoms with Crippen molar-refractivity contribution in [3.05, 3.63) is 5.82 Å². The fourth-order valence-electron chi connectivity index (χ4n) is 1.07. The van der Waals surface area contributed by atoms with Gasteiger partial charge in [-0.25, -0.2) is 0 Å². The first-order chi connectivity index (χ1) is 6.11. The van der Waals surface area contributed by atoms with E-state index < -0.39 is 11.9 Å². The smallest absolute Gasteiger partial charge is 0.307 e. The number of nitrogens with one attached hydrogen (secondary N) is 1. The van der Waals surface area contributed by atoms with Crippen LogP contribution in [0.3, 0.4) is 0 Å². The molecule has 0 aliphatic carbocycles. The van der Waals surface area contributed by atoms with Crippen LogP contribution in [0.4, 0.5) is 0 Å². The van der Waals surface area contributed by atoms with Gasteiger partial charge in [0.1, 0.15) is 0 Å². The van der Waals surface area contributed by atoms with Crippen molar-refractivity contribution in [1.82, 2.24) is 20.6 Å². The summed E-state index contributed by atoms with van der Waals surface area (Å²) in [5.74, 6) is -0.755. The fraction of sp³-hybridized carbons (Fsp3) is 0.714. The number of nitrogens with zero attached hydrogens (tertiary/aromatic N) is 3. The first kappa shape index (κ1) is 9.63. The standard InChI is InChI=1S/C7H12N4O2/c1-4(2)5(7(12)13)3-6-8-10-11-9-6/h4-5H,3H2,1-2H3,(H,12,13)(H,8,9,10,11). The molecule has 0 aromatic carbocycles. The molecule has 0 aliphatic rings. The molecule has 0 bridgehead atoms. The zero-order valence-corrected chi connectivity index (χ0v) is 7.56. The van der Waals surface area contributed by atoms with Gasteiger partial charge in [-0.2, -0.15) is 5.21 Å². The topological polar surface area (TPSA) is 91.8 Å². The van der Waals surface area contributed by atoms with Crippen molar-refractivity contribution in [2.45, 2.75) is 20.3 Å². The molecular weight excluding hydrogens is 172 g/mol. The number of aromatic nitrogens is 4. The summed E-state index contributed by atoms with van der Waals surface area (Å²) in [4.78, 5) is 10.8. The zero-order chi connectivity index (χ0) is 9.84. The molecule has 2 N–H and O–H groups in total. The zero-order valence-electron chi connectivity index (χ0n) is 7.56. The Labute approximate surface area is 75.4 Å². The maximum atomic E-state index is 10.8. The monoisotopic (exact) mass is 184 g/mol. The maximum Gasteiger partial charge on any atom is 0.307 e. The lowest BCUT2D eigenvalue weighted by Gasteiger charge is -2.13. The van der Waals surface area contributed by atoms with Gasteiger partial charge < -0.3 is 5.11 Å². The number of hydrogen-bond acceptors (Lipinski definition) is 4. The van der Waals surface area contributed by atoms with Crippen LogP contribution in [-0.4, -0.2) is 31.7 Å². The largest absolute Gasteiger partial charge is 0.481 e. The summed E-state index contributed by atoms with van der Waals surface area (Å²) in [7, 11) is 0. The van der Waals surface area contributed by atoms with Crippen LogP contribution in [0.5, 0.6) is 0 Å². The van der Waals surface area contributed by atoms with E-state index in [-0.39, 0.29) is 5.92 Å². The lowest BCUT2D eigenvalue weighted by Crippen LogP contribution is -2.22. The Morgan fingerprint density at radius 3 is 2.69 bits per heavy atom. The second kappa shape index (κ2) is 3.97. The van der Waals surface area contributed by atoms with Crippen LogP contribution in [0.1, 0.15) is 19.7 Å². The number of hydrogen-bond donors (Lipinski definition) is 2. The van der Waals surface area contributed by atoms with E-state index in [1.807, 2.05) is 13.8 Å². The van der Waals surface area contributed by atoms with Crippen molar-refractivity contribution < 1.29 is 9.90 Å². The van der Waals surface area contributed by atoms with Gasteiger partial charge in [0.05, 0.1) is 5.92 Å². The van der Waals surface area contributed by atoms with Crippen molar-refractivity contribution in [3.63, 3.8) is 0 Å². The summed E-state index contributed by atoms with van der Waals surface area (Å²) in [6.45, 7) is 3.72. The van der Waals surface area contributed by atoms with Gasteiger partial charge in [-0.3, -0.25) is 4.79 Å². The quantitative estimate of drug-likeness (QED) is 0.692. The minimum Gasteiger partial charge on any atom is -0.481 e. The fourth-order valence-corrected chi connectivity index (χ4v) is 1.07. The molecule has 6 nitrogen and oxygen atoms in total. The van der Waals surface area contributed by atoms with Crippen LogP contribution in [-0.2, 0) is 11.2 Å². The van der Waals surface area contributed by atoms with E-state index in [0.717, 1.165) is 0 Å². The van der Waals surface area contributed by atoms with Crippen molar-refractivity contribution in [2.24, 2.45) is 11.8 Å². The van der Waals surface area contributed by atoms with E-state index >= 15 is 0 Å². The van der Waals surface area contributed by atoms with Gasteiger partial charge in [-0.05, 0) is 5.92 Å². The van der Waals surface area contributed by atoms with Gasteiger partial charge in [0.15, 0.2) is 5.82 Å². The molecule has 0 radical (unpaired) electrons. The van der Waals surface area contributed by atoms with Crippen LogP contribution >= 0.6 is 0 Å². The van der Waals surface area contributed by atoms with Gasteiger partial charge in [0.25, 0.3) is 0 Å². The van der Waals surface area contributed by atoms with Gasteiger partial charge in [0, 0.05) is 6.42 Å². The van der Waals surface area contributed by atoms with Crippen LogP contribution in [0.15, 0.2) is 0 Å². The number of carboxylic acid groups (broad SMARTS) is 1. The highest BCUT2D eigenvalue weighted by molar-refractivity contribution is 5.70. The normalized spacial score (nSPS) is 13.2. The van der Waals surface area contributed by atoms with Crippen molar-refractivity contribution in [3.8, 4) is 0 Å². The third-order valence-corrected chi connectivity index (χ3v) is 1.91. The number of aromatic amines is 1. The maximum absolute atomic E-state index is 10.8. The SMILES string of the molecule is CC(C)C(Cc1nn[nH]n1)C(=O)O. The number of H-pyrrole nitrogens is 1. The molecule has 72 valence electrons. The number of carbonyl (C=O) groups is 1.